The zero-order valence-corrected chi connectivity index (χ0v) is 11.9. The maximum atomic E-state index is 9.70. The molecule has 0 saturated carbocycles. The van der Waals surface area contributed by atoms with Crippen molar-refractivity contribution < 1.29 is 9.47 Å². The van der Waals surface area contributed by atoms with Gasteiger partial charge in [-0.05, 0) is 5.92 Å². The van der Waals surface area contributed by atoms with Crippen LogP contribution < -0.4 is 0 Å². The number of hydrogen-bond donors (Lipinski definition) is 1. The Morgan fingerprint density at radius 3 is 2.15 bits per heavy atom. The van der Waals surface area contributed by atoms with Gasteiger partial charge in [0.15, 0.2) is 10.8 Å². The highest BCUT2D eigenvalue weighted by molar-refractivity contribution is 5.88. The lowest BCUT2D eigenvalue weighted by molar-refractivity contribution is -0.342. The normalized spacial score (nSPS) is 41.4. The molecular weight excluding hydrogens is 256 g/mol. The summed E-state index contributed by atoms with van der Waals surface area (Å²) < 4.78 is 11.3. The van der Waals surface area contributed by atoms with E-state index >= 15 is 0 Å². The lowest BCUT2D eigenvalue weighted by Crippen LogP contribution is -2.74. The molecule has 6 heteroatoms. The molecule has 3 saturated heterocycles. The van der Waals surface area contributed by atoms with Gasteiger partial charge >= 0.3 is 0 Å². The Kier molecular flexibility index (Phi) is 2.82. The number of nitrogens with one attached hydrogen (secondary N) is 1. The molecule has 3 heterocycles. The van der Waals surface area contributed by atoms with Crippen molar-refractivity contribution in [2.45, 2.75) is 39.6 Å². The Bertz CT molecular complexity index is 580. The predicted octanol–water partition coefficient (Wildman–Crippen LogP) is 1.94. The van der Waals surface area contributed by atoms with Gasteiger partial charge in [-0.25, -0.2) is 0 Å². The molecule has 3 rings (SSSR count). The van der Waals surface area contributed by atoms with Crippen molar-refractivity contribution in [3.63, 3.8) is 0 Å². The average Bonchev–Trinajstić information content (AvgIpc) is 2.40. The number of rotatable bonds is 1. The van der Waals surface area contributed by atoms with Crippen molar-refractivity contribution in [1.29, 1.82) is 21.2 Å². The summed E-state index contributed by atoms with van der Waals surface area (Å²) in [4.78, 5) is 0. The molecule has 0 amide bonds. The summed E-state index contributed by atoms with van der Waals surface area (Å²) in [6.45, 7) is 6.95. The maximum absolute atomic E-state index is 9.70. The molecule has 0 aromatic heterocycles. The van der Waals surface area contributed by atoms with E-state index in [9.17, 15) is 15.8 Å². The monoisotopic (exact) mass is 272 g/mol. The third kappa shape index (κ3) is 1.22. The Labute approximate surface area is 118 Å². The fourth-order valence-corrected chi connectivity index (χ4v) is 3.34. The topological polar surface area (TPSA) is 114 Å². The molecule has 0 aromatic carbocycles. The standard InChI is InChI=1S/C14H16N4O2/c1-8(2)10-14(7-17)11(18)20-12(4,19-10)9(3)13(14,5-15)6-16/h8-10,18H,1-4H3/t9-,10+,12+,14+/m0/s1. The molecule has 4 atom stereocenters. The second-order valence-electron chi connectivity index (χ2n) is 5.90. The Morgan fingerprint density at radius 1 is 1.20 bits per heavy atom. The molecule has 1 N–H and O–H groups in total. The minimum absolute atomic E-state index is 0.133. The van der Waals surface area contributed by atoms with Gasteiger partial charge < -0.3 is 9.47 Å². The highest BCUT2D eigenvalue weighted by Crippen LogP contribution is 2.62. The molecule has 3 aliphatic rings. The molecule has 6 nitrogen and oxygen atoms in total. The number of nitriles is 3. The fourth-order valence-electron chi connectivity index (χ4n) is 3.34. The van der Waals surface area contributed by atoms with Gasteiger partial charge in [-0.2, -0.15) is 15.8 Å². The van der Waals surface area contributed by atoms with Crippen LogP contribution in [0.5, 0.6) is 0 Å². The van der Waals surface area contributed by atoms with Crippen molar-refractivity contribution in [3.8, 4) is 18.2 Å². The van der Waals surface area contributed by atoms with Crippen LogP contribution in [0.3, 0.4) is 0 Å². The van der Waals surface area contributed by atoms with Gasteiger partial charge in [0.1, 0.15) is 0 Å². The van der Waals surface area contributed by atoms with Gasteiger partial charge in [-0.3, -0.25) is 5.41 Å². The lowest BCUT2D eigenvalue weighted by atomic mass is 9.50. The first kappa shape index (κ1) is 14.3. The summed E-state index contributed by atoms with van der Waals surface area (Å²) in [7, 11) is 0. The molecule has 0 spiro atoms. The van der Waals surface area contributed by atoms with Gasteiger partial charge in [0.05, 0.1) is 30.2 Å². The minimum Gasteiger partial charge on any atom is -0.448 e. The summed E-state index contributed by atoms with van der Waals surface area (Å²) in [6.07, 6.45) is -0.728. The van der Waals surface area contributed by atoms with Crippen LogP contribution in [0.4, 0.5) is 0 Å². The average molecular weight is 272 g/mol. The zero-order valence-electron chi connectivity index (χ0n) is 11.9. The van der Waals surface area contributed by atoms with Gasteiger partial charge in [0.2, 0.25) is 11.7 Å². The van der Waals surface area contributed by atoms with Crippen LogP contribution in [0.15, 0.2) is 0 Å². The third-order valence-electron chi connectivity index (χ3n) is 4.64. The van der Waals surface area contributed by atoms with Crippen LogP contribution in [0.25, 0.3) is 0 Å². The van der Waals surface area contributed by atoms with E-state index in [0.717, 1.165) is 0 Å². The summed E-state index contributed by atoms with van der Waals surface area (Å²) in [5.41, 5.74) is -3.35. The van der Waals surface area contributed by atoms with Crippen molar-refractivity contribution in [1.82, 2.24) is 0 Å². The molecule has 3 aliphatic heterocycles. The second-order valence-corrected chi connectivity index (χ2v) is 5.90. The highest BCUT2D eigenvalue weighted by atomic mass is 16.7. The first-order valence-corrected chi connectivity index (χ1v) is 6.45. The predicted molar refractivity (Wildman–Crippen MR) is 67.8 cm³/mol. The van der Waals surface area contributed by atoms with E-state index in [4.69, 9.17) is 14.9 Å². The van der Waals surface area contributed by atoms with Gasteiger partial charge in [-0.1, -0.05) is 20.8 Å². The molecule has 20 heavy (non-hydrogen) atoms. The number of hydrogen-bond acceptors (Lipinski definition) is 6. The van der Waals surface area contributed by atoms with Gasteiger partial charge in [0, 0.05) is 6.92 Å². The Balaban J connectivity index is 2.83. The third-order valence-corrected chi connectivity index (χ3v) is 4.64. The van der Waals surface area contributed by atoms with Gasteiger partial charge in [-0.15, -0.1) is 0 Å². The number of fused-ring (bicyclic) bond motifs is 3. The molecule has 0 radical (unpaired) electrons. The van der Waals surface area contributed by atoms with Crippen LogP contribution in [0, 0.1) is 62.1 Å². The summed E-state index contributed by atoms with van der Waals surface area (Å²) in [6, 6.07) is 6.00. The summed E-state index contributed by atoms with van der Waals surface area (Å²) in [5, 5.41) is 37.1. The molecule has 3 fully saturated rings. The number of nitrogens with zero attached hydrogens (tertiary/aromatic N) is 3. The van der Waals surface area contributed by atoms with E-state index in [1.54, 1.807) is 13.8 Å². The smallest absolute Gasteiger partial charge is 0.214 e. The SMILES string of the molecule is CC(C)[C@H]1O[C@]2(C)OC(=N)[C@]1(C#N)C(C#N)(C#N)[C@H]2C. The molecular formula is C14H16N4O2. The van der Waals surface area contributed by atoms with Crippen molar-refractivity contribution in [2.75, 3.05) is 0 Å². The Hall–Kier alpha value is -2.10. The maximum Gasteiger partial charge on any atom is 0.214 e. The van der Waals surface area contributed by atoms with E-state index in [1.165, 1.54) is 0 Å². The van der Waals surface area contributed by atoms with Crippen molar-refractivity contribution >= 4 is 5.90 Å². The van der Waals surface area contributed by atoms with E-state index in [1.807, 2.05) is 32.1 Å². The van der Waals surface area contributed by atoms with Gasteiger partial charge in [0.25, 0.3) is 0 Å². The molecule has 0 aliphatic carbocycles. The fraction of sp³-hybridized carbons (Fsp3) is 0.714. The summed E-state index contributed by atoms with van der Waals surface area (Å²) in [5.74, 6) is -2.36. The van der Waals surface area contributed by atoms with E-state index < -0.39 is 28.6 Å². The van der Waals surface area contributed by atoms with E-state index in [2.05, 4.69) is 0 Å². The largest absolute Gasteiger partial charge is 0.448 e. The molecule has 2 bridgehead atoms. The van der Waals surface area contributed by atoms with E-state index in [0.29, 0.717) is 0 Å². The minimum atomic E-state index is -1.69. The van der Waals surface area contributed by atoms with Crippen molar-refractivity contribution in [3.05, 3.63) is 0 Å². The van der Waals surface area contributed by atoms with Crippen LogP contribution >= 0.6 is 0 Å². The first-order valence-electron chi connectivity index (χ1n) is 6.45. The molecule has 0 aromatic rings. The van der Waals surface area contributed by atoms with Crippen molar-refractivity contribution in [2.24, 2.45) is 22.7 Å². The molecule has 0 unspecified atom stereocenters. The van der Waals surface area contributed by atoms with E-state index in [-0.39, 0.29) is 11.8 Å². The van der Waals surface area contributed by atoms with Crippen LogP contribution in [0.1, 0.15) is 27.7 Å². The Morgan fingerprint density at radius 2 is 1.75 bits per heavy atom. The number of ether oxygens (including phenoxy) is 2. The second kappa shape index (κ2) is 3.95. The first-order chi connectivity index (χ1) is 9.25. The highest BCUT2D eigenvalue weighted by Gasteiger charge is 2.77. The quantitative estimate of drug-likeness (QED) is 0.783. The van der Waals surface area contributed by atoms with Crippen LogP contribution in [0.2, 0.25) is 0 Å². The lowest BCUT2D eigenvalue weighted by Gasteiger charge is -2.61. The zero-order chi connectivity index (χ0) is 15.3. The molecule has 104 valence electrons. The van der Waals surface area contributed by atoms with Crippen LogP contribution in [-0.2, 0) is 9.47 Å². The summed E-state index contributed by atoms with van der Waals surface area (Å²) >= 11 is 0. The van der Waals surface area contributed by atoms with Crippen LogP contribution in [-0.4, -0.2) is 17.8 Å².